The van der Waals surface area contributed by atoms with Crippen molar-refractivity contribution < 1.29 is 9.18 Å². The Morgan fingerprint density at radius 3 is 2.88 bits per heavy atom. The van der Waals surface area contributed by atoms with Gasteiger partial charge in [-0.05, 0) is 38.3 Å². The number of alkyl halides is 1. The van der Waals surface area contributed by atoms with Crippen LogP contribution in [-0.2, 0) is 7.05 Å². The molecule has 0 bridgehead atoms. The average Bonchev–Trinajstić information content (AvgIpc) is 3.26. The summed E-state index contributed by atoms with van der Waals surface area (Å²) in [5, 5.41) is 11.7. The molecule has 4 rings (SSSR count). The molecule has 7 nitrogen and oxygen atoms in total. The van der Waals surface area contributed by atoms with E-state index in [-0.39, 0.29) is 11.6 Å². The summed E-state index contributed by atoms with van der Waals surface area (Å²) in [6, 6.07) is 3.43. The Morgan fingerprint density at radius 1 is 1.46 bits per heavy atom. The Kier molecular flexibility index (Phi) is 3.71. The molecule has 0 spiro atoms. The van der Waals surface area contributed by atoms with Crippen LogP contribution in [0.15, 0.2) is 30.7 Å². The van der Waals surface area contributed by atoms with Crippen LogP contribution < -0.4 is 11.1 Å². The van der Waals surface area contributed by atoms with Crippen molar-refractivity contribution in [1.82, 2.24) is 19.4 Å². The van der Waals surface area contributed by atoms with Crippen LogP contribution in [0.5, 0.6) is 0 Å². The van der Waals surface area contributed by atoms with Crippen molar-refractivity contribution in [2.24, 2.45) is 12.8 Å². The zero-order chi connectivity index (χ0) is 18.5. The number of primary amides is 1. The van der Waals surface area contributed by atoms with Crippen molar-refractivity contribution in [3.8, 4) is 11.3 Å². The molecule has 1 aliphatic carbocycles. The third-order valence-electron chi connectivity index (χ3n) is 5.22. The fourth-order valence-corrected chi connectivity index (χ4v) is 3.72. The van der Waals surface area contributed by atoms with Gasteiger partial charge < -0.3 is 11.1 Å². The molecule has 0 saturated heterocycles. The first-order valence-electron chi connectivity index (χ1n) is 8.62. The molecule has 3 aromatic rings. The number of nitrogens with two attached hydrogens (primary N) is 1. The van der Waals surface area contributed by atoms with Crippen LogP contribution in [0.1, 0.15) is 36.5 Å². The summed E-state index contributed by atoms with van der Waals surface area (Å²) in [4.78, 5) is 11.9. The van der Waals surface area contributed by atoms with Crippen LogP contribution in [0.2, 0.25) is 0 Å². The normalized spacial score (nSPS) is 22.8. The van der Waals surface area contributed by atoms with Gasteiger partial charge in [-0.25, -0.2) is 8.91 Å². The van der Waals surface area contributed by atoms with E-state index in [0.29, 0.717) is 24.0 Å². The molecule has 2 unspecified atom stereocenters. The largest absolute Gasteiger partial charge is 0.377 e. The number of hydrogen-bond donors (Lipinski definition) is 2. The van der Waals surface area contributed by atoms with Crippen LogP contribution >= 0.6 is 0 Å². The minimum absolute atomic E-state index is 0.259. The van der Waals surface area contributed by atoms with Gasteiger partial charge in [-0.3, -0.25) is 9.48 Å². The Hall–Kier alpha value is -2.90. The maximum Gasteiger partial charge on any atom is 0.252 e. The van der Waals surface area contributed by atoms with Gasteiger partial charge in [0.05, 0.1) is 34.7 Å². The molecule has 3 aromatic heterocycles. The Balaban J connectivity index is 1.85. The average molecular weight is 356 g/mol. The van der Waals surface area contributed by atoms with Crippen molar-refractivity contribution in [2.45, 2.75) is 37.9 Å². The number of rotatable bonds is 4. The quantitative estimate of drug-likeness (QED) is 0.752. The highest BCUT2D eigenvalue weighted by Crippen LogP contribution is 2.37. The summed E-state index contributed by atoms with van der Waals surface area (Å²) in [5.74, 6) is -0.593. The van der Waals surface area contributed by atoms with Gasteiger partial charge in [0.15, 0.2) is 0 Å². The fourth-order valence-electron chi connectivity index (χ4n) is 3.72. The number of carbonyl (C=O) groups is 1. The maximum atomic E-state index is 14.8. The number of aryl methyl sites for hydroxylation is 1. The van der Waals surface area contributed by atoms with Gasteiger partial charge in [-0.1, -0.05) is 0 Å². The number of nitrogens with one attached hydrogen (secondary N) is 1. The smallest absolute Gasteiger partial charge is 0.252 e. The second-order valence-corrected chi connectivity index (χ2v) is 7.06. The van der Waals surface area contributed by atoms with Crippen LogP contribution in [0.25, 0.3) is 16.8 Å². The number of aromatic nitrogens is 4. The number of anilines is 1. The summed E-state index contributed by atoms with van der Waals surface area (Å²) in [5.41, 5.74) is 7.49. The summed E-state index contributed by atoms with van der Waals surface area (Å²) < 4.78 is 18.2. The zero-order valence-corrected chi connectivity index (χ0v) is 14.7. The summed E-state index contributed by atoms with van der Waals surface area (Å²) in [6.45, 7) is 1.60. The van der Waals surface area contributed by atoms with Gasteiger partial charge in [-0.15, -0.1) is 0 Å². The van der Waals surface area contributed by atoms with E-state index in [1.165, 1.54) is 6.20 Å². The molecule has 0 aromatic carbocycles. The second kappa shape index (κ2) is 5.82. The van der Waals surface area contributed by atoms with E-state index >= 15 is 0 Å². The Morgan fingerprint density at radius 2 is 2.27 bits per heavy atom. The molecule has 1 amide bonds. The summed E-state index contributed by atoms with van der Waals surface area (Å²) in [7, 11) is 1.85. The van der Waals surface area contributed by atoms with Crippen LogP contribution in [-0.4, -0.2) is 37.0 Å². The first-order chi connectivity index (χ1) is 12.4. The number of hydrogen-bond acceptors (Lipinski definition) is 4. The van der Waals surface area contributed by atoms with Crippen molar-refractivity contribution >= 4 is 17.1 Å². The molecular formula is C18H21FN6O. The molecule has 0 radical (unpaired) electrons. The van der Waals surface area contributed by atoms with Gasteiger partial charge >= 0.3 is 0 Å². The van der Waals surface area contributed by atoms with Gasteiger partial charge in [0.1, 0.15) is 5.67 Å². The van der Waals surface area contributed by atoms with E-state index < -0.39 is 11.6 Å². The number of nitrogens with zero attached hydrogens (tertiary/aromatic N) is 4. The van der Waals surface area contributed by atoms with E-state index in [1.54, 1.807) is 22.3 Å². The van der Waals surface area contributed by atoms with Gasteiger partial charge in [0, 0.05) is 25.0 Å². The molecular weight excluding hydrogens is 335 g/mol. The third-order valence-corrected chi connectivity index (χ3v) is 5.22. The molecule has 1 saturated carbocycles. The molecule has 2 atom stereocenters. The molecule has 3 heterocycles. The lowest BCUT2D eigenvalue weighted by Crippen LogP contribution is -2.36. The zero-order valence-electron chi connectivity index (χ0n) is 14.7. The fraction of sp³-hybridized carbons (Fsp3) is 0.389. The van der Waals surface area contributed by atoms with E-state index in [2.05, 4.69) is 15.5 Å². The molecule has 8 heteroatoms. The summed E-state index contributed by atoms with van der Waals surface area (Å²) >= 11 is 0. The minimum Gasteiger partial charge on any atom is -0.377 e. The standard InChI is InChI=1S/C18H21FN6O/c1-18(19)6-3-4-15(18)23-16-12(17(20)26)9-22-25-10-11(8-14(16)25)13-5-7-21-24(13)2/h5,7-10,15,23H,3-4,6H2,1-2H3,(H2,20,26). The molecule has 3 N–H and O–H groups in total. The van der Waals surface area contributed by atoms with Gasteiger partial charge in [-0.2, -0.15) is 10.2 Å². The van der Waals surface area contributed by atoms with Crippen LogP contribution in [0.3, 0.4) is 0 Å². The van der Waals surface area contributed by atoms with Crippen molar-refractivity contribution in [3.05, 3.63) is 36.3 Å². The van der Waals surface area contributed by atoms with Crippen molar-refractivity contribution in [3.63, 3.8) is 0 Å². The number of amides is 1. The topological polar surface area (TPSA) is 90.2 Å². The Bertz CT molecular complexity index is 989. The second-order valence-electron chi connectivity index (χ2n) is 7.06. The number of halogens is 1. The number of fused-ring (bicyclic) bond motifs is 1. The lowest BCUT2D eigenvalue weighted by molar-refractivity contribution is 0.1000. The highest BCUT2D eigenvalue weighted by Gasteiger charge is 2.39. The van der Waals surface area contributed by atoms with E-state index in [9.17, 15) is 9.18 Å². The molecule has 1 aliphatic rings. The molecule has 26 heavy (non-hydrogen) atoms. The SMILES string of the molecule is Cn1nccc1-c1cc2c(NC3CCCC3(C)F)c(C(N)=O)cnn2c1. The van der Waals surface area contributed by atoms with Gasteiger partial charge in [0.2, 0.25) is 0 Å². The first kappa shape index (κ1) is 16.6. The lowest BCUT2D eigenvalue weighted by Gasteiger charge is -2.26. The van der Waals surface area contributed by atoms with E-state index in [0.717, 1.165) is 17.7 Å². The van der Waals surface area contributed by atoms with E-state index in [1.807, 2.05) is 25.4 Å². The summed E-state index contributed by atoms with van der Waals surface area (Å²) in [6.07, 6.45) is 7.00. The van der Waals surface area contributed by atoms with Crippen LogP contribution in [0, 0.1) is 0 Å². The predicted molar refractivity (Wildman–Crippen MR) is 96.7 cm³/mol. The highest BCUT2D eigenvalue weighted by molar-refractivity contribution is 6.02. The molecule has 0 aliphatic heterocycles. The first-order valence-corrected chi connectivity index (χ1v) is 8.62. The maximum absolute atomic E-state index is 14.8. The van der Waals surface area contributed by atoms with Crippen molar-refractivity contribution in [2.75, 3.05) is 5.32 Å². The number of carbonyl (C=O) groups excluding carboxylic acids is 1. The Labute approximate surface area is 150 Å². The van der Waals surface area contributed by atoms with Gasteiger partial charge in [0.25, 0.3) is 5.91 Å². The molecule has 136 valence electrons. The predicted octanol–water partition coefficient (Wildman–Crippen LogP) is 2.53. The highest BCUT2D eigenvalue weighted by atomic mass is 19.1. The van der Waals surface area contributed by atoms with Crippen molar-refractivity contribution in [1.29, 1.82) is 0 Å². The minimum atomic E-state index is -1.33. The van der Waals surface area contributed by atoms with Crippen LogP contribution in [0.4, 0.5) is 10.1 Å². The van der Waals surface area contributed by atoms with E-state index in [4.69, 9.17) is 5.73 Å². The molecule has 1 fully saturated rings. The monoisotopic (exact) mass is 356 g/mol. The third kappa shape index (κ3) is 2.61. The lowest BCUT2D eigenvalue weighted by atomic mass is 10.0.